The van der Waals surface area contributed by atoms with Crippen LogP contribution in [0.15, 0.2) is 72.8 Å². The zero-order valence-corrected chi connectivity index (χ0v) is 15.7. The van der Waals surface area contributed by atoms with Crippen LogP contribution >= 0.6 is 23.2 Å². The number of benzene rings is 3. The summed E-state index contributed by atoms with van der Waals surface area (Å²) in [4.78, 5) is 0. The number of rotatable bonds is 3. The highest BCUT2D eigenvalue weighted by atomic mass is 35.5. The lowest BCUT2D eigenvalue weighted by molar-refractivity contribution is -0.776. The number of hydrogen-bond acceptors (Lipinski definition) is 2. The number of nitrogens with zero attached hydrogens (tertiary/aromatic N) is 2. The van der Waals surface area contributed by atoms with E-state index in [1.807, 2.05) is 48.5 Å². The Labute approximate surface area is 166 Å². The third-order valence-corrected chi connectivity index (χ3v) is 4.93. The Balaban J connectivity index is 1.96. The van der Waals surface area contributed by atoms with Crippen LogP contribution in [0.25, 0.3) is 16.6 Å². The summed E-state index contributed by atoms with van der Waals surface area (Å²) in [7, 11) is 0. The lowest BCUT2D eigenvalue weighted by Gasteiger charge is -2.05. The molecule has 6 heteroatoms. The molecule has 1 aromatic heterocycles. The molecule has 0 saturated heterocycles. The van der Waals surface area contributed by atoms with Gasteiger partial charge in [-0.25, -0.2) is 0 Å². The fourth-order valence-corrected chi connectivity index (χ4v) is 3.35. The maximum Gasteiger partial charge on any atom is 0.638 e. The predicted octanol–water partition coefficient (Wildman–Crippen LogP) is 4.17. The van der Waals surface area contributed by atoms with Gasteiger partial charge in [0.15, 0.2) is 11.9 Å². The number of aromatic nitrogens is 2. The third kappa shape index (κ3) is 3.29. The van der Waals surface area contributed by atoms with Crippen LogP contribution in [-0.2, 0) is 6.54 Å². The van der Waals surface area contributed by atoms with Crippen LogP contribution in [0.3, 0.4) is 0 Å². The maximum atomic E-state index is 11.0. The molecule has 1 heterocycles. The first-order valence-corrected chi connectivity index (χ1v) is 9.09. The quantitative estimate of drug-likeness (QED) is 0.508. The van der Waals surface area contributed by atoms with E-state index in [4.69, 9.17) is 23.2 Å². The predicted molar refractivity (Wildman–Crippen MR) is 105 cm³/mol. The first-order chi connectivity index (χ1) is 13.0. The van der Waals surface area contributed by atoms with E-state index in [9.17, 15) is 10.2 Å². The molecule has 4 rings (SSSR count). The zero-order chi connectivity index (χ0) is 19.0. The molecule has 0 fully saturated rings. The Bertz CT molecular complexity index is 1130. The third-order valence-electron chi connectivity index (χ3n) is 4.43. The highest BCUT2D eigenvalue weighted by Crippen LogP contribution is 2.23. The Morgan fingerprint density at radius 1 is 0.741 bits per heavy atom. The van der Waals surface area contributed by atoms with Crippen molar-refractivity contribution >= 4 is 34.1 Å². The van der Waals surface area contributed by atoms with Gasteiger partial charge in [-0.05, 0) is 34.9 Å². The van der Waals surface area contributed by atoms with Gasteiger partial charge in [0.2, 0.25) is 11.2 Å². The van der Waals surface area contributed by atoms with Crippen molar-refractivity contribution in [3.05, 3.63) is 88.4 Å². The van der Waals surface area contributed by atoms with Crippen LogP contribution in [0.1, 0.15) is 5.56 Å². The van der Waals surface area contributed by atoms with Gasteiger partial charge in [0.1, 0.15) is 0 Å². The van der Waals surface area contributed by atoms with Gasteiger partial charge in [-0.1, -0.05) is 52.0 Å². The van der Waals surface area contributed by atoms with Crippen molar-refractivity contribution in [2.24, 2.45) is 0 Å². The number of hydrogen-bond donors (Lipinski definition) is 2. The Morgan fingerprint density at radius 3 is 2.00 bits per heavy atom. The lowest BCUT2D eigenvalue weighted by atomic mass is 10.2. The topological polar surface area (TPSA) is 48.2 Å². The molecular formula is C21H16Cl2N2O2+2. The average Bonchev–Trinajstić information content (AvgIpc) is 2.68. The van der Waals surface area contributed by atoms with Gasteiger partial charge in [0, 0.05) is 33.8 Å². The first-order valence-electron chi connectivity index (χ1n) is 8.33. The Morgan fingerprint density at radius 2 is 1.33 bits per heavy atom. The molecule has 0 radical (unpaired) electrons. The summed E-state index contributed by atoms with van der Waals surface area (Å²) >= 11 is 12.0. The van der Waals surface area contributed by atoms with Crippen LogP contribution in [0, 0.1) is 0 Å². The Hall–Kier alpha value is -2.82. The van der Waals surface area contributed by atoms with Crippen LogP contribution < -0.4 is 9.13 Å². The molecular weight excluding hydrogens is 383 g/mol. The summed E-state index contributed by atoms with van der Waals surface area (Å²) in [6.45, 7) is 0.414. The number of halogens is 2. The van der Waals surface area contributed by atoms with Crippen molar-refractivity contribution in [3.8, 4) is 17.6 Å². The molecule has 0 amide bonds. The highest BCUT2D eigenvalue weighted by Gasteiger charge is 2.35. The number of aromatic hydroxyl groups is 2. The molecule has 27 heavy (non-hydrogen) atoms. The van der Waals surface area contributed by atoms with Gasteiger partial charge in [-0.15, -0.1) is 0 Å². The SMILES string of the molecule is Oc1c2ccccc2[n+](Cc2ccc(Cl)cc2)c(O)[n+]1-c1ccc(Cl)cc1. The second-order valence-electron chi connectivity index (χ2n) is 6.17. The van der Waals surface area contributed by atoms with E-state index in [1.165, 1.54) is 4.57 Å². The monoisotopic (exact) mass is 398 g/mol. The molecule has 0 spiro atoms. The van der Waals surface area contributed by atoms with Gasteiger partial charge in [0.05, 0.1) is 0 Å². The van der Waals surface area contributed by atoms with E-state index in [0.717, 1.165) is 5.56 Å². The summed E-state index contributed by atoms with van der Waals surface area (Å²) in [5, 5.41) is 23.7. The maximum absolute atomic E-state index is 11.0. The van der Waals surface area contributed by atoms with Crippen LogP contribution in [-0.4, -0.2) is 10.2 Å². The van der Waals surface area contributed by atoms with Crippen LogP contribution in [0.4, 0.5) is 0 Å². The number of para-hydroxylation sites is 1. The van der Waals surface area contributed by atoms with Gasteiger partial charge in [-0.3, -0.25) is 0 Å². The van der Waals surface area contributed by atoms with Crippen molar-refractivity contribution < 1.29 is 19.3 Å². The summed E-state index contributed by atoms with van der Waals surface area (Å²) < 4.78 is 3.14. The second kappa shape index (κ2) is 7.06. The molecule has 4 aromatic rings. The second-order valence-corrected chi connectivity index (χ2v) is 7.04. The Kier molecular flexibility index (Phi) is 4.60. The molecule has 0 bridgehead atoms. The van der Waals surface area contributed by atoms with E-state index < -0.39 is 0 Å². The van der Waals surface area contributed by atoms with Crippen LogP contribution in [0.5, 0.6) is 11.9 Å². The van der Waals surface area contributed by atoms with Gasteiger partial charge in [-0.2, -0.15) is 0 Å². The normalized spacial score (nSPS) is 11.0. The standard InChI is InChI=1S/C21H14Cl2N2O2/c22-15-7-5-14(6-8-15)13-24-19-4-2-1-3-18(19)20(26)25(21(24)27)17-11-9-16(23)10-12-17/h1-12H,13H2/p+2. The molecule has 2 N–H and O–H groups in total. The minimum Gasteiger partial charge on any atom is -0.459 e. The summed E-state index contributed by atoms with van der Waals surface area (Å²) in [5.41, 5.74) is 2.29. The minimum atomic E-state index is -0.0940. The van der Waals surface area contributed by atoms with Crippen molar-refractivity contribution in [2.75, 3.05) is 0 Å². The lowest BCUT2D eigenvalue weighted by Crippen LogP contribution is -2.47. The van der Waals surface area contributed by atoms with Crippen LogP contribution in [0.2, 0.25) is 10.0 Å². The van der Waals surface area contributed by atoms with E-state index in [1.54, 1.807) is 28.8 Å². The summed E-state index contributed by atoms with van der Waals surface area (Å²) in [6, 6.07) is 21.6. The summed E-state index contributed by atoms with van der Waals surface area (Å²) in [5.74, 6) is -0.0437. The zero-order valence-electron chi connectivity index (χ0n) is 14.2. The first kappa shape index (κ1) is 17.6. The molecule has 0 aliphatic rings. The fraction of sp³-hybridized carbons (Fsp3) is 0.0476. The summed E-state index contributed by atoms with van der Waals surface area (Å²) in [6.07, 6.45) is 0. The van der Waals surface area contributed by atoms with Gasteiger partial charge < -0.3 is 10.2 Å². The minimum absolute atomic E-state index is 0.0437. The number of fused-ring (bicyclic) bond motifs is 1. The molecule has 4 nitrogen and oxygen atoms in total. The fourth-order valence-electron chi connectivity index (χ4n) is 3.10. The largest absolute Gasteiger partial charge is 0.638 e. The van der Waals surface area contributed by atoms with Gasteiger partial charge >= 0.3 is 11.9 Å². The molecule has 0 unspecified atom stereocenters. The molecule has 3 aromatic carbocycles. The molecule has 0 saturated carbocycles. The van der Waals surface area contributed by atoms with Crippen molar-refractivity contribution in [1.29, 1.82) is 0 Å². The van der Waals surface area contributed by atoms with Crippen molar-refractivity contribution in [3.63, 3.8) is 0 Å². The van der Waals surface area contributed by atoms with Gasteiger partial charge in [0.25, 0.3) is 0 Å². The highest BCUT2D eigenvalue weighted by molar-refractivity contribution is 6.30. The van der Waals surface area contributed by atoms with E-state index in [-0.39, 0.29) is 11.9 Å². The van der Waals surface area contributed by atoms with E-state index in [0.29, 0.717) is 33.2 Å². The molecule has 0 atom stereocenters. The van der Waals surface area contributed by atoms with E-state index in [2.05, 4.69) is 0 Å². The van der Waals surface area contributed by atoms with E-state index >= 15 is 0 Å². The van der Waals surface area contributed by atoms with Crippen molar-refractivity contribution in [2.45, 2.75) is 6.54 Å². The molecule has 0 aliphatic carbocycles. The van der Waals surface area contributed by atoms with Crippen molar-refractivity contribution in [1.82, 2.24) is 0 Å². The average molecular weight is 399 g/mol. The molecule has 0 aliphatic heterocycles. The smallest absolute Gasteiger partial charge is 0.459 e. The molecule has 134 valence electrons.